The number of nitrogens with one attached hydrogen (secondary N) is 6. The van der Waals surface area contributed by atoms with Gasteiger partial charge in [0.1, 0.15) is 34.6 Å². The van der Waals surface area contributed by atoms with Crippen molar-refractivity contribution in [3.05, 3.63) is 57.6 Å². The number of ether oxygens (including phenoxy) is 2. The van der Waals surface area contributed by atoms with Gasteiger partial charge in [-0.15, -0.1) is 11.3 Å². The number of benzene rings is 1. The van der Waals surface area contributed by atoms with E-state index in [9.17, 15) is 53.4 Å². The van der Waals surface area contributed by atoms with E-state index in [4.69, 9.17) is 9.47 Å². The molecule has 2 aliphatic rings. The zero-order chi connectivity index (χ0) is 63.7. The standard InChI is InChI=1S/C62H95N9O14S/c1-11-13-14-18-27-70(48(39(3)4)31-49(85-42(7)72)57-68-47(38-86-57)56(79)67-44(32-61(8,9)60(82)83)30-43-22-24-45(73)25-23-43)58(80)55(41(6)12-2)69-59(81)62(10)26-19-28-71(62)54(78)36-66-52(76)34-64-50(74)33-63-51(75)35-65-53(77)37-84-46-21-17-15-16-20-40(5)29-46/h22-25,29,38-39,41,44,46,48-49,55,73H,11-21,26-28,30-37H2,1-10H3,(H,63,75)(H,64,74)(H,65,77)(H,66,76)(H,67,79)(H,69,81)(H,82,83)/b40-29-/t41-,44-,46?,48+,49+,55?,62+/m0/s1. The number of carboxylic acids is 1. The first-order valence-electron chi connectivity index (χ1n) is 30.4. The number of aromatic nitrogens is 1. The number of aromatic hydroxyl groups is 1. The molecule has 1 saturated heterocycles. The summed E-state index contributed by atoms with van der Waals surface area (Å²) in [6.45, 7) is 16.2. The SMILES string of the molecule is CCCCCCN(C(=O)C(NC(=O)[C@@]1(C)CCCN1C(=O)CNC(=O)CNC(=O)CNC(=O)CNC(=O)COC1/C=C(/C)CCCCC1)[C@@H](C)CC)[C@H](C[C@@H](OC(C)=O)c1nc(C(=O)N[C@@H](Cc2ccc(O)cc2)CC(C)(C)C(=O)O)cs1)C(C)C. The number of likely N-dealkylation sites (tertiary alicyclic amines) is 1. The van der Waals surface area contributed by atoms with Gasteiger partial charge in [0.25, 0.3) is 5.91 Å². The van der Waals surface area contributed by atoms with Crippen LogP contribution in [0.5, 0.6) is 5.75 Å². The minimum Gasteiger partial charge on any atom is -0.508 e. The highest BCUT2D eigenvalue weighted by Gasteiger charge is 2.48. The third-order valence-electron chi connectivity index (χ3n) is 16.0. The van der Waals surface area contributed by atoms with Crippen LogP contribution in [0.3, 0.4) is 0 Å². The lowest BCUT2D eigenvalue weighted by molar-refractivity contribution is -0.150. The van der Waals surface area contributed by atoms with Crippen LogP contribution in [0, 0.1) is 17.3 Å². The number of phenolic OH excluding ortho intramolecular Hbond substituents is 1. The number of nitrogens with zero attached hydrogens (tertiary/aromatic N) is 3. The Balaban J connectivity index is 1.42. The van der Waals surface area contributed by atoms with Crippen LogP contribution < -0.4 is 31.9 Å². The Morgan fingerprint density at radius 1 is 0.849 bits per heavy atom. The smallest absolute Gasteiger partial charge is 0.309 e. The summed E-state index contributed by atoms with van der Waals surface area (Å²) in [5.41, 5.74) is -0.618. The van der Waals surface area contributed by atoms with E-state index in [0.717, 1.165) is 68.3 Å². The Labute approximate surface area is 510 Å². The Hall–Kier alpha value is -6.95. The van der Waals surface area contributed by atoms with Gasteiger partial charge in [0, 0.05) is 43.9 Å². The highest BCUT2D eigenvalue weighted by atomic mass is 32.1. The van der Waals surface area contributed by atoms with Gasteiger partial charge in [-0.2, -0.15) is 0 Å². The number of amides is 8. The first-order chi connectivity index (χ1) is 40.7. The molecule has 4 rings (SSSR count). The van der Waals surface area contributed by atoms with Crippen molar-refractivity contribution in [3.63, 3.8) is 0 Å². The van der Waals surface area contributed by atoms with E-state index in [0.29, 0.717) is 30.8 Å². The second-order valence-electron chi connectivity index (χ2n) is 24.1. The predicted molar refractivity (Wildman–Crippen MR) is 324 cm³/mol. The van der Waals surface area contributed by atoms with Gasteiger partial charge in [0.05, 0.1) is 37.7 Å². The fourth-order valence-electron chi connectivity index (χ4n) is 10.6. The average molecular weight is 1220 g/mol. The van der Waals surface area contributed by atoms with Gasteiger partial charge in [-0.1, -0.05) is 96.9 Å². The molecule has 2 heterocycles. The van der Waals surface area contributed by atoms with Crippen molar-refractivity contribution < 1.29 is 67.6 Å². The molecule has 1 aromatic heterocycles. The topological polar surface area (TPSA) is 321 Å². The zero-order valence-corrected chi connectivity index (χ0v) is 52.9. The molecule has 86 heavy (non-hydrogen) atoms. The Morgan fingerprint density at radius 3 is 2.09 bits per heavy atom. The van der Waals surface area contributed by atoms with Gasteiger partial charge in [-0.3, -0.25) is 47.9 Å². The van der Waals surface area contributed by atoms with Crippen molar-refractivity contribution >= 4 is 70.5 Å². The molecule has 2 unspecified atom stereocenters. The molecule has 478 valence electrons. The molecular weight excluding hydrogens is 1130 g/mol. The molecule has 0 radical (unpaired) electrons. The summed E-state index contributed by atoms with van der Waals surface area (Å²) in [5, 5.41) is 37.4. The number of hydrogen-bond acceptors (Lipinski definition) is 15. The number of carbonyl (C=O) groups is 10. The van der Waals surface area contributed by atoms with Gasteiger partial charge >= 0.3 is 11.9 Å². The van der Waals surface area contributed by atoms with Gasteiger partial charge < -0.3 is 61.4 Å². The Morgan fingerprint density at radius 2 is 1.49 bits per heavy atom. The fraction of sp³-hybridized carbons (Fsp3) is 0.661. The van der Waals surface area contributed by atoms with Gasteiger partial charge in [-0.25, -0.2) is 4.98 Å². The molecular formula is C62H95N9O14S. The summed E-state index contributed by atoms with van der Waals surface area (Å²) in [4.78, 5) is 141. The van der Waals surface area contributed by atoms with E-state index in [-0.39, 0.29) is 80.7 Å². The molecule has 0 spiro atoms. The molecule has 1 aliphatic heterocycles. The number of aliphatic carboxylic acids is 1. The van der Waals surface area contributed by atoms with E-state index in [1.54, 1.807) is 37.8 Å². The molecule has 1 aliphatic carbocycles. The molecule has 24 heteroatoms. The number of unbranched alkanes of at least 4 members (excludes halogenated alkanes) is 3. The minimum absolute atomic E-state index is 0.0214. The molecule has 8 amide bonds. The third-order valence-corrected chi connectivity index (χ3v) is 17.0. The number of allylic oxidation sites excluding steroid dienone is 1. The van der Waals surface area contributed by atoms with Crippen LogP contribution in [0.25, 0.3) is 0 Å². The zero-order valence-electron chi connectivity index (χ0n) is 52.1. The third kappa shape index (κ3) is 23.0. The van der Waals surface area contributed by atoms with Crippen molar-refractivity contribution in [1.29, 1.82) is 0 Å². The Kier molecular flexibility index (Phi) is 29.1. The summed E-state index contributed by atoms with van der Waals surface area (Å²) in [6.07, 6.45) is 10.8. The highest BCUT2D eigenvalue weighted by molar-refractivity contribution is 7.09. The lowest BCUT2D eigenvalue weighted by atomic mass is 9.84. The summed E-state index contributed by atoms with van der Waals surface area (Å²) in [6, 6.07) is 4.13. The van der Waals surface area contributed by atoms with E-state index in [1.807, 2.05) is 40.7 Å². The molecule has 1 fully saturated rings. The number of thiazole rings is 1. The van der Waals surface area contributed by atoms with Gasteiger partial charge in [0.2, 0.25) is 41.4 Å². The van der Waals surface area contributed by atoms with E-state index in [1.165, 1.54) is 34.9 Å². The maximum Gasteiger partial charge on any atom is 0.309 e. The highest BCUT2D eigenvalue weighted by Crippen LogP contribution is 2.34. The summed E-state index contributed by atoms with van der Waals surface area (Å²) < 4.78 is 11.7. The first kappa shape index (κ1) is 71.5. The number of hydrogen-bond donors (Lipinski definition) is 8. The average Bonchev–Trinajstić information content (AvgIpc) is 1.92. The second-order valence-corrected chi connectivity index (χ2v) is 25.0. The quantitative estimate of drug-likeness (QED) is 0.0234. The second kappa shape index (κ2) is 35.0. The van der Waals surface area contributed by atoms with Crippen LogP contribution in [0.2, 0.25) is 0 Å². The van der Waals surface area contributed by atoms with Crippen LogP contribution in [0.4, 0.5) is 0 Å². The van der Waals surface area contributed by atoms with Crippen LogP contribution in [0.15, 0.2) is 41.3 Å². The fourth-order valence-corrected chi connectivity index (χ4v) is 11.5. The number of carbonyl (C=O) groups excluding carboxylic acids is 9. The summed E-state index contributed by atoms with van der Waals surface area (Å²) >= 11 is 1.10. The molecule has 7 atom stereocenters. The summed E-state index contributed by atoms with van der Waals surface area (Å²) in [7, 11) is 0. The number of carboxylic acid groups (broad SMARTS) is 1. The Bertz CT molecular complexity index is 2660. The number of rotatable bonds is 34. The summed E-state index contributed by atoms with van der Waals surface area (Å²) in [5.74, 6) is -6.74. The van der Waals surface area contributed by atoms with Crippen molar-refractivity contribution in [1.82, 2.24) is 46.7 Å². The van der Waals surface area contributed by atoms with E-state index < -0.39 is 108 Å². The minimum atomic E-state index is -1.41. The van der Waals surface area contributed by atoms with Crippen molar-refractivity contribution in [2.45, 2.75) is 201 Å². The molecule has 8 N–H and O–H groups in total. The number of phenols is 1. The van der Waals surface area contributed by atoms with Crippen molar-refractivity contribution in [3.8, 4) is 5.75 Å². The van der Waals surface area contributed by atoms with Crippen molar-refractivity contribution in [2.24, 2.45) is 17.3 Å². The number of esters is 1. The van der Waals surface area contributed by atoms with Crippen LogP contribution >= 0.6 is 11.3 Å². The predicted octanol–water partition coefficient (Wildman–Crippen LogP) is 5.79. The van der Waals surface area contributed by atoms with Crippen molar-refractivity contribution in [2.75, 3.05) is 45.9 Å². The lowest BCUT2D eigenvalue weighted by Gasteiger charge is -2.41. The van der Waals surface area contributed by atoms with Gasteiger partial charge in [0.15, 0.2) is 6.10 Å². The van der Waals surface area contributed by atoms with Crippen LogP contribution in [-0.2, 0) is 59.0 Å². The van der Waals surface area contributed by atoms with Crippen LogP contribution in [-0.4, -0.2) is 160 Å². The van der Waals surface area contributed by atoms with Crippen LogP contribution in [0.1, 0.15) is 186 Å². The monoisotopic (exact) mass is 1220 g/mol. The maximum absolute atomic E-state index is 15.3. The molecule has 23 nitrogen and oxygen atoms in total. The molecule has 0 bridgehead atoms. The molecule has 0 saturated carbocycles. The molecule has 2 aromatic rings. The van der Waals surface area contributed by atoms with E-state index in [2.05, 4.69) is 43.8 Å². The normalized spacial score (nSPS) is 18.5. The lowest BCUT2D eigenvalue weighted by Crippen LogP contribution is -2.62. The maximum atomic E-state index is 15.3. The first-order valence-corrected chi connectivity index (χ1v) is 31.3. The molecule has 1 aromatic carbocycles. The largest absolute Gasteiger partial charge is 0.508 e. The van der Waals surface area contributed by atoms with E-state index >= 15 is 4.79 Å². The van der Waals surface area contributed by atoms with Gasteiger partial charge in [-0.05, 0) is 109 Å².